The van der Waals surface area contributed by atoms with E-state index in [1.807, 2.05) is 19.9 Å². The number of nitrogens with one attached hydrogen (secondary N) is 1. The summed E-state index contributed by atoms with van der Waals surface area (Å²) in [6.45, 7) is 3.75. The second-order valence-electron chi connectivity index (χ2n) is 5.03. The van der Waals surface area contributed by atoms with Crippen LogP contribution >= 0.6 is 11.8 Å². The number of halogens is 1. The molecule has 0 saturated carbocycles. The lowest BCUT2D eigenvalue weighted by Crippen LogP contribution is -2.12. The lowest BCUT2D eigenvalue weighted by Gasteiger charge is -2.08. The molecule has 23 heavy (non-hydrogen) atoms. The summed E-state index contributed by atoms with van der Waals surface area (Å²) in [7, 11) is 0. The van der Waals surface area contributed by atoms with E-state index in [4.69, 9.17) is 0 Å². The van der Waals surface area contributed by atoms with Crippen molar-refractivity contribution in [2.24, 2.45) is 0 Å². The molecule has 0 spiro atoms. The Morgan fingerprint density at radius 3 is 2.70 bits per heavy atom. The molecule has 0 fully saturated rings. The van der Waals surface area contributed by atoms with Gasteiger partial charge in [0.2, 0.25) is 5.91 Å². The van der Waals surface area contributed by atoms with Crippen molar-refractivity contribution < 1.29 is 9.18 Å². The average Bonchev–Trinajstić information content (AvgIpc) is 2.49. The number of aromatic nitrogens is 1. The number of carbonyl (C=O) groups excluding carboxylic acids is 1. The van der Waals surface area contributed by atoms with Crippen LogP contribution in [0.2, 0.25) is 0 Å². The van der Waals surface area contributed by atoms with E-state index in [1.54, 1.807) is 0 Å². The van der Waals surface area contributed by atoms with Gasteiger partial charge in [-0.05, 0) is 49.7 Å². The van der Waals surface area contributed by atoms with E-state index in [-0.39, 0.29) is 18.1 Å². The maximum absolute atomic E-state index is 12.8. The molecule has 4 nitrogen and oxygen atoms in total. The smallest absolute Gasteiger partial charge is 0.225 e. The summed E-state index contributed by atoms with van der Waals surface area (Å²) in [5, 5.41) is 12.6. The number of amides is 1. The normalized spacial score (nSPS) is 10.2. The molecule has 0 atom stereocenters. The van der Waals surface area contributed by atoms with Crippen molar-refractivity contribution in [2.45, 2.75) is 25.3 Å². The van der Waals surface area contributed by atoms with Gasteiger partial charge in [0.1, 0.15) is 16.9 Å². The van der Waals surface area contributed by atoms with Crippen molar-refractivity contribution in [2.75, 3.05) is 11.1 Å². The molecule has 2 aromatic rings. The summed E-state index contributed by atoms with van der Waals surface area (Å²) in [6.07, 6.45) is 0.279. The third kappa shape index (κ3) is 4.80. The minimum atomic E-state index is -0.344. The zero-order chi connectivity index (χ0) is 16.8. The molecule has 0 unspecified atom stereocenters. The van der Waals surface area contributed by atoms with Crippen LogP contribution in [0.1, 0.15) is 23.2 Å². The number of rotatable bonds is 5. The van der Waals surface area contributed by atoms with Gasteiger partial charge in [-0.15, -0.1) is 11.8 Å². The fourth-order valence-corrected chi connectivity index (χ4v) is 3.08. The summed E-state index contributed by atoms with van der Waals surface area (Å²) in [4.78, 5) is 16.2. The molecule has 6 heteroatoms. The van der Waals surface area contributed by atoms with E-state index >= 15 is 0 Å². The molecule has 0 aliphatic rings. The number of hydrogen-bond donors (Lipinski definition) is 1. The van der Waals surface area contributed by atoms with Gasteiger partial charge in [-0.25, -0.2) is 9.37 Å². The molecule has 0 radical (unpaired) electrons. The van der Waals surface area contributed by atoms with Crippen LogP contribution in [0.4, 0.5) is 10.1 Å². The molecule has 0 aliphatic carbocycles. The van der Waals surface area contributed by atoms with Crippen LogP contribution in [0.15, 0.2) is 35.4 Å². The molecular weight excluding hydrogens is 313 g/mol. The van der Waals surface area contributed by atoms with Gasteiger partial charge in [-0.1, -0.05) is 0 Å². The molecule has 0 bridgehead atoms. The van der Waals surface area contributed by atoms with E-state index in [2.05, 4.69) is 16.4 Å². The van der Waals surface area contributed by atoms with Crippen LogP contribution in [-0.2, 0) is 4.79 Å². The molecular formula is C17H16FN3OS. The molecule has 0 saturated heterocycles. The van der Waals surface area contributed by atoms with Gasteiger partial charge in [-0.2, -0.15) is 5.26 Å². The third-order valence-electron chi connectivity index (χ3n) is 3.12. The molecule has 1 aromatic carbocycles. The van der Waals surface area contributed by atoms with Crippen LogP contribution in [-0.4, -0.2) is 16.6 Å². The van der Waals surface area contributed by atoms with Crippen LogP contribution in [0.25, 0.3) is 0 Å². The van der Waals surface area contributed by atoms with Gasteiger partial charge < -0.3 is 5.32 Å². The van der Waals surface area contributed by atoms with Crippen molar-refractivity contribution in [1.82, 2.24) is 4.98 Å². The lowest BCUT2D eigenvalue weighted by molar-refractivity contribution is -0.115. The topological polar surface area (TPSA) is 65.8 Å². The standard InChI is InChI=1S/C17H16FN3OS/c1-11-9-12(2)20-17(15(11)10-19)23-8-7-16(22)21-14-5-3-13(18)4-6-14/h3-6,9H,7-8H2,1-2H3,(H,21,22). The highest BCUT2D eigenvalue weighted by molar-refractivity contribution is 7.99. The second-order valence-corrected chi connectivity index (χ2v) is 6.11. The van der Waals surface area contributed by atoms with Crippen molar-refractivity contribution in [3.63, 3.8) is 0 Å². The van der Waals surface area contributed by atoms with E-state index in [0.29, 0.717) is 22.0 Å². The molecule has 1 heterocycles. The predicted octanol–water partition coefficient (Wildman–Crippen LogP) is 3.83. The van der Waals surface area contributed by atoms with Gasteiger partial charge in [0, 0.05) is 23.6 Å². The van der Waals surface area contributed by atoms with Gasteiger partial charge >= 0.3 is 0 Å². The average molecular weight is 329 g/mol. The number of aryl methyl sites for hydroxylation is 2. The first-order valence-electron chi connectivity index (χ1n) is 7.06. The highest BCUT2D eigenvalue weighted by atomic mass is 32.2. The first kappa shape index (κ1) is 17.0. The number of nitrogens with zero attached hydrogens (tertiary/aromatic N) is 2. The van der Waals surface area contributed by atoms with Crippen LogP contribution in [0, 0.1) is 31.0 Å². The van der Waals surface area contributed by atoms with E-state index in [0.717, 1.165) is 11.3 Å². The summed E-state index contributed by atoms with van der Waals surface area (Å²) in [6, 6.07) is 9.64. The van der Waals surface area contributed by atoms with Gasteiger partial charge in [-0.3, -0.25) is 4.79 Å². The summed E-state index contributed by atoms with van der Waals surface area (Å²) in [5.74, 6) is 0.00731. The number of thioether (sulfide) groups is 1. The lowest BCUT2D eigenvalue weighted by atomic mass is 10.1. The second kappa shape index (κ2) is 7.75. The molecule has 1 aromatic heterocycles. The Kier molecular flexibility index (Phi) is 5.72. The maximum atomic E-state index is 12.8. The van der Waals surface area contributed by atoms with Crippen molar-refractivity contribution in [3.8, 4) is 6.07 Å². The Hall–Kier alpha value is -2.39. The highest BCUT2D eigenvalue weighted by Gasteiger charge is 2.10. The number of pyridine rings is 1. The number of nitriles is 1. The largest absolute Gasteiger partial charge is 0.326 e. The number of benzene rings is 1. The van der Waals surface area contributed by atoms with Gasteiger partial charge in [0.15, 0.2) is 0 Å². The Balaban J connectivity index is 1.91. The minimum Gasteiger partial charge on any atom is -0.326 e. The highest BCUT2D eigenvalue weighted by Crippen LogP contribution is 2.24. The van der Waals surface area contributed by atoms with E-state index < -0.39 is 0 Å². The SMILES string of the molecule is Cc1cc(C)c(C#N)c(SCCC(=O)Nc2ccc(F)cc2)n1. The summed E-state index contributed by atoms with van der Waals surface area (Å²) in [5.41, 5.74) is 2.85. The Bertz CT molecular complexity index is 754. The van der Waals surface area contributed by atoms with E-state index in [1.165, 1.54) is 36.0 Å². The van der Waals surface area contributed by atoms with Gasteiger partial charge in [0.05, 0.1) is 5.56 Å². The molecule has 0 aliphatic heterocycles. The third-order valence-corrected chi connectivity index (χ3v) is 4.10. The van der Waals surface area contributed by atoms with E-state index in [9.17, 15) is 14.4 Å². The van der Waals surface area contributed by atoms with Crippen molar-refractivity contribution in [3.05, 3.63) is 53.0 Å². The predicted molar refractivity (Wildman–Crippen MR) is 88.8 cm³/mol. The van der Waals surface area contributed by atoms with Crippen molar-refractivity contribution >= 4 is 23.4 Å². The summed E-state index contributed by atoms with van der Waals surface area (Å²) >= 11 is 1.39. The minimum absolute atomic E-state index is 0.160. The monoisotopic (exact) mass is 329 g/mol. The first-order valence-corrected chi connectivity index (χ1v) is 8.04. The van der Waals surface area contributed by atoms with Crippen LogP contribution < -0.4 is 5.32 Å². The van der Waals surface area contributed by atoms with Crippen LogP contribution in [0.5, 0.6) is 0 Å². The molecule has 1 N–H and O–H groups in total. The molecule has 118 valence electrons. The fourth-order valence-electron chi connectivity index (χ4n) is 2.04. The van der Waals surface area contributed by atoms with Gasteiger partial charge in [0.25, 0.3) is 0 Å². The quantitative estimate of drug-likeness (QED) is 0.847. The number of hydrogen-bond acceptors (Lipinski definition) is 4. The fraction of sp³-hybridized carbons (Fsp3) is 0.235. The zero-order valence-corrected chi connectivity index (χ0v) is 13.7. The molecule has 2 rings (SSSR count). The maximum Gasteiger partial charge on any atom is 0.225 e. The number of anilines is 1. The first-order chi connectivity index (χ1) is 11.0. The zero-order valence-electron chi connectivity index (χ0n) is 12.9. The Morgan fingerprint density at radius 1 is 1.35 bits per heavy atom. The molecule has 1 amide bonds. The van der Waals surface area contributed by atoms with Crippen LogP contribution in [0.3, 0.4) is 0 Å². The summed E-state index contributed by atoms with van der Waals surface area (Å²) < 4.78 is 12.8. The number of carbonyl (C=O) groups is 1. The van der Waals surface area contributed by atoms with Crippen molar-refractivity contribution in [1.29, 1.82) is 5.26 Å². The Labute approximate surface area is 138 Å². The Morgan fingerprint density at radius 2 is 2.04 bits per heavy atom.